The van der Waals surface area contributed by atoms with Gasteiger partial charge in [0.15, 0.2) is 0 Å². The highest BCUT2D eigenvalue weighted by Gasteiger charge is 2.43. The highest BCUT2D eigenvalue weighted by molar-refractivity contribution is 5.81. The Morgan fingerprint density at radius 1 is 0.896 bits per heavy atom. The minimum Gasteiger partial charge on any atom is -0.353 e. The number of amides is 1. The van der Waals surface area contributed by atoms with Crippen LogP contribution in [0.3, 0.4) is 0 Å². The average Bonchev–Trinajstić information content (AvgIpc) is 3.39. The van der Waals surface area contributed by atoms with Crippen LogP contribution in [-0.4, -0.2) is 88.6 Å². The Labute approximate surface area is 271 Å². The second-order valence-electron chi connectivity index (χ2n) is 12.2. The highest BCUT2D eigenvalue weighted by Crippen LogP contribution is 2.41. The van der Waals surface area contributed by atoms with Crippen LogP contribution >= 0.6 is 0 Å². The first-order valence-electron chi connectivity index (χ1n) is 16.0. The number of aromatic amines is 1. The Kier molecular flexibility index (Phi) is 12.1. The lowest BCUT2D eigenvalue weighted by molar-refractivity contribution is -0.139. The summed E-state index contributed by atoms with van der Waals surface area (Å²) in [4.78, 5) is 35.5. The fourth-order valence-corrected chi connectivity index (χ4v) is 6.44. The van der Waals surface area contributed by atoms with Crippen molar-refractivity contribution in [2.75, 3.05) is 39.3 Å². The van der Waals surface area contributed by atoms with Crippen LogP contribution in [0.1, 0.15) is 81.2 Å². The molecule has 268 valence electrons. The standard InChI is InChI=1S/C28H34F6N6O2.C3H5F3/c29-27(30,31)19-7-3-4-8-22(35-16-19)38-12-14-39(15-13-38)26(42)18-6-2-1-5-11-40(17-18)21-10-9-20-23(28(32,33)34)25(41)37-36-24(20)21;1-2-3(4,5)6/h7-8,16,18,21H,1-6,9-15,17H2,(H,37,41);2H2,1H3/b19-7?,22-8+,35-16?;. The minimum absolute atomic E-state index is 0.0254. The average molecular weight is 699 g/mol. The summed E-state index contributed by atoms with van der Waals surface area (Å²) < 4.78 is 113. The number of hydrogen-bond donors (Lipinski definition) is 1. The molecule has 48 heavy (non-hydrogen) atoms. The van der Waals surface area contributed by atoms with Crippen molar-refractivity contribution in [2.45, 2.75) is 89.3 Å². The third-order valence-electron chi connectivity index (χ3n) is 8.96. The SMILES string of the molecule is CCC(F)(F)F.O=C(C1CCCCCN(C2CCc3c2n[nH]c(=O)c3C(F)(F)F)C1)N1CCN(/C2=C/CCC=C(C(F)(F)F)C=N2)CC1. The number of fused-ring (bicyclic) bond motifs is 1. The van der Waals surface area contributed by atoms with Crippen molar-refractivity contribution in [1.29, 1.82) is 0 Å². The van der Waals surface area contributed by atoms with E-state index in [2.05, 4.69) is 15.0 Å². The third-order valence-corrected chi connectivity index (χ3v) is 8.96. The van der Waals surface area contributed by atoms with Gasteiger partial charge >= 0.3 is 18.5 Å². The summed E-state index contributed by atoms with van der Waals surface area (Å²) in [5.74, 6) is 0.101. The topological polar surface area (TPSA) is 84.9 Å². The van der Waals surface area contributed by atoms with Gasteiger partial charge in [-0.1, -0.05) is 25.8 Å². The summed E-state index contributed by atoms with van der Waals surface area (Å²) in [6.45, 7) is 3.74. The molecule has 2 unspecified atom stereocenters. The first-order valence-corrected chi connectivity index (χ1v) is 16.0. The molecule has 0 spiro atoms. The van der Waals surface area contributed by atoms with Gasteiger partial charge in [-0.15, -0.1) is 0 Å². The lowest BCUT2D eigenvalue weighted by atomic mass is 9.94. The number of aromatic nitrogens is 2. The van der Waals surface area contributed by atoms with E-state index in [9.17, 15) is 49.1 Å². The number of piperazine rings is 1. The second kappa shape index (κ2) is 15.5. The van der Waals surface area contributed by atoms with Crippen LogP contribution in [0.2, 0.25) is 0 Å². The van der Waals surface area contributed by atoms with Gasteiger partial charge in [-0.05, 0) is 56.7 Å². The summed E-state index contributed by atoms with van der Waals surface area (Å²) in [6.07, 6.45) is -5.67. The molecule has 2 saturated heterocycles. The zero-order valence-corrected chi connectivity index (χ0v) is 26.4. The Balaban J connectivity index is 0.000000794. The van der Waals surface area contributed by atoms with Crippen LogP contribution in [0.25, 0.3) is 0 Å². The fourth-order valence-electron chi connectivity index (χ4n) is 6.44. The van der Waals surface area contributed by atoms with E-state index in [1.54, 1.807) is 4.90 Å². The maximum absolute atomic E-state index is 13.7. The normalized spacial score (nSPS) is 24.2. The molecule has 5 rings (SSSR count). The third kappa shape index (κ3) is 9.62. The van der Waals surface area contributed by atoms with E-state index in [1.165, 1.54) is 0 Å². The number of carbonyl (C=O) groups is 1. The molecule has 1 aromatic rings. The molecule has 1 aliphatic carbocycles. The molecule has 0 saturated carbocycles. The molecular weight excluding hydrogens is 659 g/mol. The van der Waals surface area contributed by atoms with Crippen LogP contribution in [0, 0.1) is 5.92 Å². The van der Waals surface area contributed by atoms with E-state index in [0.717, 1.165) is 38.5 Å². The molecule has 0 bridgehead atoms. The van der Waals surface area contributed by atoms with Gasteiger partial charge in [-0.3, -0.25) is 14.5 Å². The molecule has 1 N–H and O–H groups in total. The first kappa shape index (κ1) is 37.4. The van der Waals surface area contributed by atoms with Gasteiger partial charge in [0.25, 0.3) is 5.56 Å². The van der Waals surface area contributed by atoms with Crippen LogP contribution in [0.5, 0.6) is 0 Å². The number of alkyl halides is 9. The predicted molar refractivity (Wildman–Crippen MR) is 159 cm³/mol. The van der Waals surface area contributed by atoms with Crippen molar-refractivity contribution in [3.63, 3.8) is 0 Å². The first-order chi connectivity index (χ1) is 22.5. The molecule has 8 nitrogen and oxygen atoms in total. The van der Waals surface area contributed by atoms with Crippen LogP contribution in [0.4, 0.5) is 39.5 Å². The summed E-state index contributed by atoms with van der Waals surface area (Å²) >= 11 is 0. The molecule has 0 radical (unpaired) electrons. The largest absolute Gasteiger partial charge is 0.422 e. The predicted octanol–water partition coefficient (Wildman–Crippen LogP) is 6.57. The van der Waals surface area contributed by atoms with E-state index in [4.69, 9.17) is 0 Å². The summed E-state index contributed by atoms with van der Waals surface area (Å²) in [5.41, 5.74) is -3.00. The molecular formula is C31H39F9N6O2. The number of H-pyrrole nitrogens is 1. The Hall–Kier alpha value is -3.37. The van der Waals surface area contributed by atoms with E-state index in [-0.39, 0.29) is 35.9 Å². The number of rotatable bonds is 3. The monoisotopic (exact) mass is 698 g/mol. The maximum Gasteiger partial charge on any atom is 0.422 e. The van der Waals surface area contributed by atoms with Crippen molar-refractivity contribution >= 4 is 12.1 Å². The van der Waals surface area contributed by atoms with Gasteiger partial charge in [-0.2, -0.15) is 44.6 Å². The number of nitrogens with one attached hydrogen (secondary N) is 1. The van der Waals surface area contributed by atoms with Crippen molar-refractivity contribution in [3.8, 4) is 0 Å². The van der Waals surface area contributed by atoms with Crippen molar-refractivity contribution < 1.29 is 44.3 Å². The number of aliphatic imine (C=N–C) groups is 1. The van der Waals surface area contributed by atoms with Gasteiger partial charge in [0.2, 0.25) is 5.91 Å². The Morgan fingerprint density at radius 2 is 1.56 bits per heavy atom. The van der Waals surface area contributed by atoms with Crippen LogP contribution in [0.15, 0.2) is 33.3 Å². The summed E-state index contributed by atoms with van der Waals surface area (Å²) in [7, 11) is 0. The van der Waals surface area contributed by atoms with Gasteiger partial charge in [0.05, 0.1) is 23.2 Å². The number of allylic oxidation sites excluding steroid dienone is 3. The van der Waals surface area contributed by atoms with Crippen LogP contribution < -0.4 is 5.56 Å². The van der Waals surface area contributed by atoms with Crippen molar-refractivity contribution in [1.82, 2.24) is 24.9 Å². The molecule has 2 atom stereocenters. The maximum atomic E-state index is 13.7. The van der Waals surface area contributed by atoms with E-state index in [1.807, 2.05) is 16.1 Å². The molecule has 4 aliphatic rings. The number of nitrogens with zero attached hydrogens (tertiary/aromatic N) is 5. The van der Waals surface area contributed by atoms with E-state index < -0.39 is 47.7 Å². The summed E-state index contributed by atoms with van der Waals surface area (Å²) in [5, 5.41) is 6.06. The van der Waals surface area contributed by atoms with E-state index in [0.29, 0.717) is 64.4 Å². The quantitative estimate of drug-likeness (QED) is 0.362. The zero-order valence-electron chi connectivity index (χ0n) is 26.4. The lowest BCUT2D eigenvalue weighted by Gasteiger charge is -2.39. The number of carbonyl (C=O) groups excluding carboxylic acids is 1. The highest BCUT2D eigenvalue weighted by atomic mass is 19.4. The zero-order chi connectivity index (χ0) is 35.3. The molecule has 1 aromatic heterocycles. The fraction of sp³-hybridized carbons (Fsp3) is 0.677. The minimum atomic E-state index is -4.78. The van der Waals surface area contributed by atoms with Gasteiger partial charge < -0.3 is 9.80 Å². The summed E-state index contributed by atoms with van der Waals surface area (Å²) in [6, 6.07) is -0.414. The number of halogens is 9. The van der Waals surface area contributed by atoms with Gasteiger partial charge in [0, 0.05) is 45.4 Å². The molecule has 2 fully saturated rings. The molecule has 0 aromatic carbocycles. The molecule has 1 amide bonds. The van der Waals surface area contributed by atoms with Crippen molar-refractivity contribution in [3.05, 3.63) is 50.7 Å². The van der Waals surface area contributed by atoms with Gasteiger partial charge in [-0.25, -0.2) is 10.1 Å². The number of hydrogen-bond acceptors (Lipinski definition) is 6. The van der Waals surface area contributed by atoms with Gasteiger partial charge in [0.1, 0.15) is 11.4 Å². The Morgan fingerprint density at radius 3 is 2.19 bits per heavy atom. The van der Waals surface area contributed by atoms with Crippen molar-refractivity contribution in [2.24, 2.45) is 10.9 Å². The number of likely N-dealkylation sites (tertiary alicyclic amines) is 1. The Bertz CT molecular complexity index is 1420. The smallest absolute Gasteiger partial charge is 0.353 e. The molecule has 4 heterocycles. The lowest BCUT2D eigenvalue weighted by Crippen LogP contribution is -2.51. The molecule has 3 aliphatic heterocycles. The second-order valence-corrected chi connectivity index (χ2v) is 12.2. The van der Waals surface area contributed by atoms with E-state index >= 15 is 0 Å². The molecule has 17 heteroatoms. The van der Waals surface area contributed by atoms with Crippen LogP contribution in [-0.2, 0) is 17.4 Å².